The summed E-state index contributed by atoms with van der Waals surface area (Å²) in [6.07, 6.45) is 0.644. The van der Waals surface area contributed by atoms with Crippen LogP contribution in [0.2, 0.25) is 0 Å². The summed E-state index contributed by atoms with van der Waals surface area (Å²) in [7, 11) is 0. The van der Waals surface area contributed by atoms with E-state index < -0.39 is 0 Å². The lowest BCUT2D eigenvalue weighted by molar-refractivity contribution is -0.122. The quantitative estimate of drug-likeness (QED) is 0.766. The van der Waals surface area contributed by atoms with Crippen LogP contribution >= 0.6 is 0 Å². The SMILES string of the molecule is CCN(CC)Cc1ccccc1CNC(=O)CC1CNC1. The molecule has 1 heterocycles. The molecule has 116 valence electrons. The maximum Gasteiger partial charge on any atom is 0.220 e. The van der Waals surface area contributed by atoms with Crippen LogP contribution in [0.3, 0.4) is 0 Å². The molecule has 0 saturated carbocycles. The Labute approximate surface area is 127 Å². The zero-order valence-electron chi connectivity index (χ0n) is 13.2. The Morgan fingerprint density at radius 2 is 1.90 bits per heavy atom. The van der Waals surface area contributed by atoms with Crippen LogP contribution in [0, 0.1) is 5.92 Å². The second kappa shape index (κ2) is 8.15. The number of hydrogen-bond acceptors (Lipinski definition) is 3. The van der Waals surface area contributed by atoms with Crippen LogP contribution in [-0.4, -0.2) is 37.0 Å². The Balaban J connectivity index is 1.88. The number of nitrogens with one attached hydrogen (secondary N) is 2. The van der Waals surface area contributed by atoms with Crippen molar-refractivity contribution in [2.24, 2.45) is 5.92 Å². The van der Waals surface area contributed by atoms with Crippen molar-refractivity contribution in [1.29, 1.82) is 0 Å². The Bertz CT molecular complexity index is 453. The summed E-state index contributed by atoms with van der Waals surface area (Å²) in [6.45, 7) is 10.00. The average Bonchev–Trinajstić information content (AvgIpc) is 2.47. The molecule has 2 N–H and O–H groups in total. The summed E-state index contributed by atoms with van der Waals surface area (Å²) in [6, 6.07) is 8.40. The maximum atomic E-state index is 11.9. The van der Waals surface area contributed by atoms with E-state index in [2.05, 4.69) is 47.6 Å². The lowest BCUT2D eigenvalue weighted by Gasteiger charge is -2.26. The fourth-order valence-electron chi connectivity index (χ4n) is 2.59. The number of rotatable bonds is 8. The lowest BCUT2D eigenvalue weighted by atomic mass is 9.99. The first-order valence-electron chi connectivity index (χ1n) is 7.99. The van der Waals surface area contributed by atoms with Crippen molar-refractivity contribution in [3.8, 4) is 0 Å². The molecule has 1 aromatic rings. The number of hydrogen-bond donors (Lipinski definition) is 2. The molecule has 0 aliphatic carbocycles. The molecule has 1 aliphatic rings. The Morgan fingerprint density at radius 3 is 2.48 bits per heavy atom. The molecule has 0 unspecified atom stereocenters. The fraction of sp³-hybridized carbons (Fsp3) is 0.588. The Morgan fingerprint density at radius 1 is 1.24 bits per heavy atom. The van der Waals surface area contributed by atoms with E-state index in [0.29, 0.717) is 18.9 Å². The second-order valence-corrected chi connectivity index (χ2v) is 5.74. The van der Waals surface area contributed by atoms with Gasteiger partial charge in [-0.25, -0.2) is 0 Å². The molecule has 1 fully saturated rings. The zero-order chi connectivity index (χ0) is 15.1. The van der Waals surface area contributed by atoms with E-state index in [9.17, 15) is 4.79 Å². The summed E-state index contributed by atoms with van der Waals surface area (Å²) in [5.74, 6) is 0.690. The third kappa shape index (κ3) is 4.83. The summed E-state index contributed by atoms with van der Waals surface area (Å²) in [5, 5.41) is 6.26. The van der Waals surface area contributed by atoms with Crippen molar-refractivity contribution in [3.05, 3.63) is 35.4 Å². The molecule has 0 atom stereocenters. The molecule has 1 aromatic carbocycles. The van der Waals surface area contributed by atoms with Crippen molar-refractivity contribution in [3.63, 3.8) is 0 Å². The molecular formula is C17H27N3O. The normalized spacial score (nSPS) is 15.0. The van der Waals surface area contributed by atoms with Gasteiger partial charge < -0.3 is 10.6 Å². The molecule has 4 heteroatoms. The molecular weight excluding hydrogens is 262 g/mol. The first-order chi connectivity index (χ1) is 10.2. The minimum atomic E-state index is 0.166. The summed E-state index contributed by atoms with van der Waals surface area (Å²) >= 11 is 0. The minimum Gasteiger partial charge on any atom is -0.352 e. The third-order valence-electron chi connectivity index (χ3n) is 4.22. The lowest BCUT2D eigenvalue weighted by Crippen LogP contribution is -2.44. The molecule has 21 heavy (non-hydrogen) atoms. The average molecular weight is 289 g/mol. The van der Waals surface area contributed by atoms with Gasteiger partial charge in [-0.05, 0) is 43.2 Å². The topological polar surface area (TPSA) is 44.4 Å². The molecule has 1 amide bonds. The Hall–Kier alpha value is -1.39. The van der Waals surface area contributed by atoms with Crippen LogP contribution in [0.25, 0.3) is 0 Å². The highest BCUT2D eigenvalue weighted by molar-refractivity contribution is 5.76. The van der Waals surface area contributed by atoms with E-state index in [-0.39, 0.29) is 5.91 Å². The van der Waals surface area contributed by atoms with Gasteiger partial charge >= 0.3 is 0 Å². The Kier molecular flexibility index (Phi) is 6.21. The van der Waals surface area contributed by atoms with Gasteiger partial charge in [0.25, 0.3) is 0 Å². The largest absolute Gasteiger partial charge is 0.352 e. The van der Waals surface area contributed by atoms with E-state index in [1.54, 1.807) is 0 Å². The summed E-state index contributed by atoms with van der Waals surface area (Å²) in [4.78, 5) is 14.3. The summed E-state index contributed by atoms with van der Waals surface area (Å²) in [5.41, 5.74) is 2.54. The molecule has 0 radical (unpaired) electrons. The molecule has 4 nitrogen and oxygen atoms in total. The van der Waals surface area contributed by atoms with Gasteiger partial charge in [-0.2, -0.15) is 0 Å². The number of carbonyl (C=O) groups is 1. The van der Waals surface area contributed by atoms with Crippen LogP contribution in [0.1, 0.15) is 31.4 Å². The monoisotopic (exact) mass is 289 g/mol. The van der Waals surface area contributed by atoms with Crippen LogP contribution in [0.15, 0.2) is 24.3 Å². The predicted octanol–water partition coefficient (Wildman–Crippen LogP) is 1.75. The molecule has 0 aromatic heterocycles. The van der Waals surface area contributed by atoms with Crippen LogP contribution in [-0.2, 0) is 17.9 Å². The van der Waals surface area contributed by atoms with Gasteiger partial charge in [0.15, 0.2) is 0 Å². The maximum absolute atomic E-state index is 11.9. The van der Waals surface area contributed by atoms with Crippen molar-refractivity contribution in [1.82, 2.24) is 15.5 Å². The van der Waals surface area contributed by atoms with Gasteiger partial charge in [-0.3, -0.25) is 9.69 Å². The van der Waals surface area contributed by atoms with Gasteiger partial charge in [-0.1, -0.05) is 38.1 Å². The number of carbonyl (C=O) groups excluding carboxylic acids is 1. The predicted molar refractivity (Wildman–Crippen MR) is 85.9 cm³/mol. The van der Waals surface area contributed by atoms with Crippen molar-refractivity contribution in [2.45, 2.75) is 33.4 Å². The third-order valence-corrected chi connectivity index (χ3v) is 4.22. The fourth-order valence-corrected chi connectivity index (χ4v) is 2.59. The van der Waals surface area contributed by atoms with Crippen LogP contribution in [0.4, 0.5) is 0 Å². The van der Waals surface area contributed by atoms with E-state index in [4.69, 9.17) is 0 Å². The van der Waals surface area contributed by atoms with Gasteiger partial charge in [0.1, 0.15) is 0 Å². The molecule has 0 bridgehead atoms. The molecule has 1 aliphatic heterocycles. The molecule has 0 spiro atoms. The van der Waals surface area contributed by atoms with E-state index >= 15 is 0 Å². The van der Waals surface area contributed by atoms with E-state index in [1.165, 1.54) is 11.1 Å². The number of amides is 1. The van der Waals surface area contributed by atoms with Gasteiger partial charge in [0, 0.05) is 19.5 Å². The number of nitrogens with zero attached hydrogens (tertiary/aromatic N) is 1. The van der Waals surface area contributed by atoms with Crippen molar-refractivity contribution in [2.75, 3.05) is 26.2 Å². The molecule has 1 saturated heterocycles. The highest BCUT2D eigenvalue weighted by Gasteiger charge is 2.19. The highest BCUT2D eigenvalue weighted by atomic mass is 16.1. The van der Waals surface area contributed by atoms with Crippen molar-refractivity contribution < 1.29 is 4.79 Å². The standard InChI is InChI=1S/C17H27N3O/c1-3-20(4-2)13-16-8-6-5-7-15(16)12-19-17(21)9-14-10-18-11-14/h5-8,14,18H,3-4,9-13H2,1-2H3,(H,19,21). The zero-order valence-corrected chi connectivity index (χ0v) is 13.2. The highest BCUT2D eigenvalue weighted by Crippen LogP contribution is 2.12. The van der Waals surface area contributed by atoms with Crippen LogP contribution < -0.4 is 10.6 Å². The van der Waals surface area contributed by atoms with Crippen LogP contribution in [0.5, 0.6) is 0 Å². The summed E-state index contributed by atoms with van der Waals surface area (Å²) < 4.78 is 0. The first kappa shape index (κ1) is 16.0. The van der Waals surface area contributed by atoms with Gasteiger partial charge in [0.2, 0.25) is 5.91 Å². The van der Waals surface area contributed by atoms with Gasteiger partial charge in [0.05, 0.1) is 0 Å². The second-order valence-electron chi connectivity index (χ2n) is 5.74. The smallest absolute Gasteiger partial charge is 0.220 e. The number of benzene rings is 1. The molecule has 2 rings (SSSR count). The van der Waals surface area contributed by atoms with Gasteiger partial charge in [-0.15, -0.1) is 0 Å². The van der Waals surface area contributed by atoms with E-state index in [0.717, 1.165) is 32.7 Å². The van der Waals surface area contributed by atoms with Crippen molar-refractivity contribution >= 4 is 5.91 Å². The minimum absolute atomic E-state index is 0.166. The van der Waals surface area contributed by atoms with E-state index in [1.807, 2.05) is 6.07 Å². The first-order valence-corrected chi connectivity index (χ1v) is 7.99.